The molecule has 3 unspecified atom stereocenters. The molecule has 0 spiro atoms. The Hall–Kier alpha value is -0.130. The van der Waals surface area contributed by atoms with Gasteiger partial charge in [-0.2, -0.15) is 0 Å². The Bertz CT molecular complexity index is 124. The van der Waals surface area contributed by atoms with Gasteiger partial charge in [0.2, 0.25) is 0 Å². The normalized spacial score (nSPS) is 35.6. The van der Waals surface area contributed by atoms with Gasteiger partial charge in [-0.25, -0.2) is 0 Å². The minimum Gasteiger partial charge on any atom is -0.0651 e. The average molecular weight is 167 g/mol. The van der Waals surface area contributed by atoms with Crippen LogP contribution >= 0.6 is 0 Å². The maximum absolute atomic E-state index is 2.54. The molecule has 0 aromatic heterocycles. The molecule has 0 nitrogen and oxygen atoms in total. The Morgan fingerprint density at radius 1 is 1.25 bits per heavy atom. The van der Waals surface area contributed by atoms with E-state index in [2.05, 4.69) is 34.1 Å². The molecule has 0 bridgehead atoms. The van der Waals surface area contributed by atoms with E-state index in [0.717, 1.165) is 23.7 Å². The van der Waals surface area contributed by atoms with Crippen molar-refractivity contribution < 1.29 is 0 Å². The van der Waals surface area contributed by atoms with Gasteiger partial charge in [-0.3, -0.25) is 0 Å². The Balaban J connectivity index is 2.50. The molecule has 1 rings (SSSR count). The highest BCUT2D eigenvalue weighted by atomic mass is 14.4. The van der Waals surface area contributed by atoms with Crippen LogP contribution in [0, 0.1) is 30.1 Å². The highest BCUT2D eigenvalue weighted by Gasteiger charge is 2.40. The highest BCUT2D eigenvalue weighted by molar-refractivity contribution is 4.94. The SMILES string of the molecule is CCC(CC)C1CC(C)[CH+]C1C. The van der Waals surface area contributed by atoms with Crippen LogP contribution in [-0.2, 0) is 0 Å². The topological polar surface area (TPSA) is 0 Å². The smallest absolute Gasteiger partial charge is 0.0651 e. The van der Waals surface area contributed by atoms with Crippen LogP contribution in [0.15, 0.2) is 0 Å². The van der Waals surface area contributed by atoms with E-state index >= 15 is 0 Å². The first-order chi connectivity index (χ1) is 5.69. The zero-order valence-corrected chi connectivity index (χ0v) is 9.01. The summed E-state index contributed by atoms with van der Waals surface area (Å²) < 4.78 is 0. The van der Waals surface area contributed by atoms with Gasteiger partial charge in [0, 0.05) is 5.92 Å². The summed E-state index contributed by atoms with van der Waals surface area (Å²) >= 11 is 0. The standard InChI is InChI=1S/C12H23/c1-5-11(6-2)12-8-9(3)7-10(12)4/h7,9-12H,5-6,8H2,1-4H3/q+1. The Morgan fingerprint density at radius 2 is 1.83 bits per heavy atom. The summed E-state index contributed by atoms with van der Waals surface area (Å²) in [6, 6.07) is 0. The van der Waals surface area contributed by atoms with Gasteiger partial charge in [0.25, 0.3) is 0 Å². The Morgan fingerprint density at radius 3 is 2.17 bits per heavy atom. The second-order valence-corrected chi connectivity index (χ2v) is 4.50. The minimum atomic E-state index is 0.866. The van der Waals surface area contributed by atoms with E-state index in [1.807, 2.05) is 0 Å². The Labute approximate surface area is 77.7 Å². The first-order valence-corrected chi connectivity index (χ1v) is 5.54. The summed E-state index contributed by atoms with van der Waals surface area (Å²) in [5.41, 5.74) is 0. The van der Waals surface area contributed by atoms with Crippen LogP contribution in [0.3, 0.4) is 0 Å². The molecule has 1 fully saturated rings. The lowest BCUT2D eigenvalue weighted by molar-refractivity contribution is 0.266. The Kier molecular flexibility index (Phi) is 3.49. The third-order valence-electron chi connectivity index (χ3n) is 3.61. The zero-order valence-electron chi connectivity index (χ0n) is 9.01. The molecule has 0 aliphatic heterocycles. The van der Waals surface area contributed by atoms with Gasteiger partial charge in [-0.15, -0.1) is 0 Å². The van der Waals surface area contributed by atoms with Gasteiger partial charge in [-0.1, -0.05) is 26.7 Å². The zero-order chi connectivity index (χ0) is 9.14. The molecule has 70 valence electrons. The monoisotopic (exact) mass is 167 g/mol. The van der Waals surface area contributed by atoms with E-state index in [0.29, 0.717) is 0 Å². The minimum absolute atomic E-state index is 0.866. The molecule has 1 saturated carbocycles. The maximum atomic E-state index is 2.54. The molecule has 1 aliphatic carbocycles. The van der Waals surface area contributed by atoms with E-state index < -0.39 is 0 Å². The van der Waals surface area contributed by atoms with Crippen molar-refractivity contribution in [3.05, 3.63) is 6.42 Å². The van der Waals surface area contributed by atoms with E-state index in [1.54, 1.807) is 0 Å². The highest BCUT2D eigenvalue weighted by Crippen LogP contribution is 2.41. The lowest BCUT2D eigenvalue weighted by Crippen LogP contribution is -2.15. The third-order valence-corrected chi connectivity index (χ3v) is 3.61. The van der Waals surface area contributed by atoms with Crippen LogP contribution in [-0.4, -0.2) is 0 Å². The molecule has 0 aromatic carbocycles. The van der Waals surface area contributed by atoms with Gasteiger partial charge >= 0.3 is 0 Å². The predicted octanol–water partition coefficient (Wildman–Crippen LogP) is 3.92. The van der Waals surface area contributed by atoms with Crippen molar-refractivity contribution in [1.29, 1.82) is 0 Å². The molecule has 1 aliphatic rings. The molecule has 0 saturated heterocycles. The van der Waals surface area contributed by atoms with Crippen LogP contribution in [0.5, 0.6) is 0 Å². The van der Waals surface area contributed by atoms with Crippen molar-refractivity contribution in [3.63, 3.8) is 0 Å². The first-order valence-electron chi connectivity index (χ1n) is 5.54. The molecule has 0 heterocycles. The second kappa shape index (κ2) is 4.20. The molecule has 12 heavy (non-hydrogen) atoms. The fraction of sp³-hybridized carbons (Fsp3) is 0.917. The van der Waals surface area contributed by atoms with Crippen molar-refractivity contribution in [2.24, 2.45) is 23.7 Å². The van der Waals surface area contributed by atoms with Crippen molar-refractivity contribution in [2.45, 2.75) is 47.0 Å². The van der Waals surface area contributed by atoms with E-state index in [-0.39, 0.29) is 0 Å². The van der Waals surface area contributed by atoms with Crippen molar-refractivity contribution in [3.8, 4) is 0 Å². The molecule has 3 atom stereocenters. The quantitative estimate of drug-likeness (QED) is 0.559. The van der Waals surface area contributed by atoms with Crippen LogP contribution < -0.4 is 0 Å². The van der Waals surface area contributed by atoms with Gasteiger partial charge in [0.1, 0.15) is 0 Å². The fourth-order valence-electron chi connectivity index (χ4n) is 2.90. The molecular formula is C12H23+. The van der Waals surface area contributed by atoms with E-state index in [4.69, 9.17) is 0 Å². The van der Waals surface area contributed by atoms with Crippen molar-refractivity contribution in [2.75, 3.05) is 0 Å². The summed E-state index contributed by atoms with van der Waals surface area (Å²) in [5.74, 6) is 3.69. The third kappa shape index (κ3) is 1.97. The summed E-state index contributed by atoms with van der Waals surface area (Å²) in [4.78, 5) is 0. The van der Waals surface area contributed by atoms with Crippen LogP contribution in [0.4, 0.5) is 0 Å². The van der Waals surface area contributed by atoms with E-state index in [9.17, 15) is 0 Å². The van der Waals surface area contributed by atoms with Crippen molar-refractivity contribution >= 4 is 0 Å². The molecule has 0 radical (unpaired) electrons. The van der Waals surface area contributed by atoms with Gasteiger partial charge < -0.3 is 0 Å². The molecule has 0 amide bonds. The van der Waals surface area contributed by atoms with Crippen molar-refractivity contribution in [1.82, 2.24) is 0 Å². The number of hydrogen-bond donors (Lipinski definition) is 0. The second-order valence-electron chi connectivity index (χ2n) is 4.50. The first kappa shape index (κ1) is 9.95. The fourth-order valence-corrected chi connectivity index (χ4v) is 2.90. The average Bonchev–Trinajstić information content (AvgIpc) is 2.34. The van der Waals surface area contributed by atoms with Gasteiger partial charge in [0.05, 0.1) is 18.3 Å². The lowest BCUT2D eigenvalue weighted by Gasteiger charge is -2.20. The summed E-state index contributed by atoms with van der Waals surface area (Å²) in [6.07, 6.45) is 6.72. The van der Waals surface area contributed by atoms with Gasteiger partial charge in [-0.05, 0) is 26.2 Å². The van der Waals surface area contributed by atoms with Crippen LogP contribution in [0.1, 0.15) is 47.0 Å². The van der Waals surface area contributed by atoms with E-state index in [1.165, 1.54) is 19.3 Å². The largest absolute Gasteiger partial charge is 0.0984 e. The predicted molar refractivity (Wildman–Crippen MR) is 54.8 cm³/mol. The molecule has 0 N–H and O–H groups in total. The van der Waals surface area contributed by atoms with Crippen LogP contribution in [0.25, 0.3) is 0 Å². The maximum Gasteiger partial charge on any atom is 0.0984 e. The lowest BCUT2D eigenvalue weighted by atomic mass is 9.81. The number of rotatable bonds is 3. The molecule has 0 heteroatoms. The molecule has 0 aromatic rings. The summed E-state index contributed by atoms with van der Waals surface area (Å²) in [6.45, 7) is 9.43. The number of hydrogen-bond acceptors (Lipinski definition) is 0. The van der Waals surface area contributed by atoms with Gasteiger partial charge in [0.15, 0.2) is 0 Å². The van der Waals surface area contributed by atoms with Crippen LogP contribution in [0.2, 0.25) is 0 Å². The summed E-state index contributed by atoms with van der Waals surface area (Å²) in [5, 5.41) is 0. The molecular weight excluding hydrogens is 144 g/mol. The summed E-state index contributed by atoms with van der Waals surface area (Å²) in [7, 11) is 0.